The van der Waals surface area contributed by atoms with Crippen LogP contribution in [0.4, 0.5) is 13.2 Å². The number of ketones is 1. The predicted molar refractivity (Wildman–Crippen MR) is 66.1 cm³/mol. The van der Waals surface area contributed by atoms with E-state index in [2.05, 4.69) is 0 Å². The Hall–Kier alpha value is -2.03. The van der Waals surface area contributed by atoms with Crippen LogP contribution in [0.15, 0.2) is 18.2 Å². The molecule has 0 atom stereocenters. The summed E-state index contributed by atoms with van der Waals surface area (Å²) < 4.78 is 43.5. The van der Waals surface area contributed by atoms with E-state index in [1.807, 2.05) is 0 Å². The van der Waals surface area contributed by atoms with Crippen molar-refractivity contribution in [2.75, 3.05) is 6.61 Å². The molecule has 0 aliphatic rings. The van der Waals surface area contributed by atoms with Crippen molar-refractivity contribution < 1.29 is 22.7 Å². The largest absolute Gasteiger partial charge is 0.485 e. The lowest BCUT2D eigenvalue weighted by atomic mass is 9.91. The highest BCUT2D eigenvalue weighted by atomic mass is 19.4. The van der Waals surface area contributed by atoms with E-state index in [0.29, 0.717) is 6.07 Å². The number of benzene rings is 1. The molecule has 0 saturated carbocycles. The second-order valence-electron chi connectivity index (χ2n) is 5.28. The molecular formula is C14H14F3NO2. The van der Waals surface area contributed by atoms with E-state index in [4.69, 9.17) is 10.00 Å². The number of halogens is 3. The number of Topliss-reactive ketones (excluding diaryl/α,β-unsaturated/α-hetero) is 1. The molecule has 0 unspecified atom stereocenters. The molecule has 1 aromatic rings. The lowest BCUT2D eigenvalue weighted by Gasteiger charge is -2.18. The zero-order valence-electron chi connectivity index (χ0n) is 11.3. The van der Waals surface area contributed by atoms with Crippen LogP contribution in [0, 0.1) is 16.7 Å². The molecule has 0 fully saturated rings. The van der Waals surface area contributed by atoms with Gasteiger partial charge in [-0.1, -0.05) is 20.8 Å². The van der Waals surface area contributed by atoms with Crippen molar-refractivity contribution in [1.82, 2.24) is 0 Å². The Balaban J connectivity index is 3.02. The third-order valence-corrected chi connectivity index (χ3v) is 2.61. The molecule has 0 saturated heterocycles. The monoisotopic (exact) mass is 285 g/mol. The minimum atomic E-state index is -4.65. The molecule has 0 bridgehead atoms. The van der Waals surface area contributed by atoms with Crippen molar-refractivity contribution in [3.05, 3.63) is 29.3 Å². The van der Waals surface area contributed by atoms with Crippen molar-refractivity contribution in [2.24, 2.45) is 5.41 Å². The molecule has 20 heavy (non-hydrogen) atoms. The topological polar surface area (TPSA) is 50.1 Å². The van der Waals surface area contributed by atoms with Crippen molar-refractivity contribution in [3.63, 3.8) is 0 Å². The van der Waals surface area contributed by atoms with Crippen molar-refractivity contribution in [1.29, 1.82) is 5.26 Å². The molecule has 0 aliphatic carbocycles. The Labute approximate surface area is 115 Å². The van der Waals surface area contributed by atoms with Gasteiger partial charge in [-0.15, -0.1) is 0 Å². The van der Waals surface area contributed by atoms with Gasteiger partial charge in [0, 0.05) is 5.41 Å². The molecule has 0 spiro atoms. The Morgan fingerprint density at radius 2 is 1.90 bits per heavy atom. The number of nitrogens with zero attached hydrogens (tertiary/aromatic N) is 1. The van der Waals surface area contributed by atoms with E-state index in [1.54, 1.807) is 26.8 Å². The van der Waals surface area contributed by atoms with Crippen LogP contribution < -0.4 is 4.74 Å². The van der Waals surface area contributed by atoms with Gasteiger partial charge in [0.2, 0.25) is 0 Å². The summed E-state index contributed by atoms with van der Waals surface area (Å²) in [5.41, 5.74) is -1.87. The summed E-state index contributed by atoms with van der Waals surface area (Å²) >= 11 is 0. The fraction of sp³-hybridized carbons (Fsp3) is 0.429. The third kappa shape index (κ3) is 3.98. The van der Waals surface area contributed by atoms with Crippen molar-refractivity contribution in [2.45, 2.75) is 26.9 Å². The van der Waals surface area contributed by atoms with Gasteiger partial charge in [-0.25, -0.2) is 0 Å². The van der Waals surface area contributed by atoms with Crippen molar-refractivity contribution >= 4 is 5.78 Å². The molecule has 1 aromatic carbocycles. The molecule has 0 aliphatic heterocycles. The molecule has 0 N–H and O–H groups in total. The average molecular weight is 285 g/mol. The number of ether oxygens (including phenoxy) is 1. The van der Waals surface area contributed by atoms with Crippen LogP contribution in [0.5, 0.6) is 5.75 Å². The first-order chi connectivity index (χ1) is 9.05. The van der Waals surface area contributed by atoms with E-state index in [-0.39, 0.29) is 11.3 Å². The van der Waals surface area contributed by atoms with Gasteiger partial charge in [0.05, 0.1) is 17.2 Å². The van der Waals surface area contributed by atoms with Gasteiger partial charge in [0.1, 0.15) is 12.4 Å². The van der Waals surface area contributed by atoms with E-state index >= 15 is 0 Å². The quantitative estimate of drug-likeness (QED) is 0.853. The number of rotatable bonds is 3. The second-order valence-corrected chi connectivity index (χ2v) is 5.28. The number of hydrogen-bond acceptors (Lipinski definition) is 3. The fourth-order valence-corrected chi connectivity index (χ4v) is 1.31. The predicted octanol–water partition coefficient (Wildman–Crippen LogP) is 3.57. The smallest absolute Gasteiger partial charge is 0.420 e. The number of carbonyl (C=O) groups excluding carboxylic acids is 1. The molecule has 108 valence electrons. The molecule has 6 heteroatoms. The molecule has 3 nitrogen and oxygen atoms in total. The van der Waals surface area contributed by atoms with Gasteiger partial charge in [-0.05, 0) is 18.2 Å². The third-order valence-electron chi connectivity index (χ3n) is 2.61. The fourth-order valence-electron chi connectivity index (χ4n) is 1.31. The molecular weight excluding hydrogens is 271 g/mol. The first-order valence-corrected chi connectivity index (χ1v) is 5.83. The average Bonchev–Trinajstić information content (AvgIpc) is 2.33. The van der Waals surface area contributed by atoms with Gasteiger partial charge in [-0.3, -0.25) is 4.79 Å². The first kappa shape index (κ1) is 16.0. The molecule has 0 heterocycles. The Bertz CT molecular complexity index is 551. The Morgan fingerprint density at radius 1 is 1.30 bits per heavy atom. The maximum atomic E-state index is 12.8. The van der Waals surface area contributed by atoms with Gasteiger partial charge in [0.25, 0.3) is 0 Å². The summed E-state index contributed by atoms with van der Waals surface area (Å²) in [7, 11) is 0. The maximum absolute atomic E-state index is 12.8. The van der Waals surface area contributed by atoms with Gasteiger partial charge >= 0.3 is 6.18 Å². The van der Waals surface area contributed by atoms with Gasteiger partial charge in [0.15, 0.2) is 5.78 Å². The van der Waals surface area contributed by atoms with Crippen molar-refractivity contribution in [3.8, 4) is 11.8 Å². The van der Waals surface area contributed by atoms with Gasteiger partial charge in [-0.2, -0.15) is 18.4 Å². The summed E-state index contributed by atoms with van der Waals surface area (Å²) in [6.07, 6.45) is -4.65. The summed E-state index contributed by atoms with van der Waals surface area (Å²) in [6.45, 7) is 4.52. The lowest BCUT2D eigenvalue weighted by molar-refractivity contribution is -0.140. The zero-order chi connectivity index (χ0) is 15.6. The molecule has 0 radical (unpaired) electrons. The Kier molecular flexibility index (Phi) is 4.43. The van der Waals surface area contributed by atoms with E-state index < -0.39 is 29.5 Å². The highest BCUT2D eigenvalue weighted by Crippen LogP contribution is 2.36. The standard InChI is InChI=1S/C14H14F3NO2/c1-13(2,3)12(19)8-20-11-5-4-9(7-18)6-10(11)14(15,16)17/h4-6H,8H2,1-3H3. The van der Waals surface area contributed by atoms with Crippen LogP contribution in [0.3, 0.4) is 0 Å². The SMILES string of the molecule is CC(C)(C)C(=O)COc1ccc(C#N)cc1C(F)(F)F. The van der Waals surface area contributed by atoms with E-state index in [0.717, 1.165) is 6.07 Å². The second kappa shape index (κ2) is 5.53. The zero-order valence-corrected chi connectivity index (χ0v) is 11.3. The van der Waals surface area contributed by atoms with Crippen LogP contribution >= 0.6 is 0 Å². The summed E-state index contributed by atoms with van der Waals surface area (Å²) in [6, 6.07) is 4.61. The number of nitriles is 1. The molecule has 0 aromatic heterocycles. The van der Waals surface area contributed by atoms with Crippen LogP contribution in [-0.4, -0.2) is 12.4 Å². The Morgan fingerprint density at radius 3 is 2.35 bits per heavy atom. The molecule has 1 rings (SSSR count). The molecule has 0 amide bonds. The van der Waals surface area contributed by atoms with E-state index in [1.165, 1.54) is 6.07 Å². The number of hydrogen-bond donors (Lipinski definition) is 0. The van der Waals surface area contributed by atoms with Gasteiger partial charge < -0.3 is 4.74 Å². The minimum absolute atomic E-state index is 0.119. The number of alkyl halides is 3. The summed E-state index contributed by atoms with van der Waals surface area (Å²) in [5, 5.41) is 8.63. The summed E-state index contributed by atoms with van der Waals surface area (Å²) in [4.78, 5) is 11.7. The van der Waals surface area contributed by atoms with Crippen LogP contribution in [0.25, 0.3) is 0 Å². The lowest BCUT2D eigenvalue weighted by Crippen LogP contribution is -2.26. The minimum Gasteiger partial charge on any atom is -0.485 e. The van der Waals surface area contributed by atoms with E-state index in [9.17, 15) is 18.0 Å². The maximum Gasteiger partial charge on any atom is 0.420 e. The highest BCUT2D eigenvalue weighted by Gasteiger charge is 2.35. The first-order valence-electron chi connectivity index (χ1n) is 5.83. The van der Waals surface area contributed by atoms with Crippen LogP contribution in [0.2, 0.25) is 0 Å². The number of carbonyl (C=O) groups is 1. The highest BCUT2D eigenvalue weighted by molar-refractivity contribution is 5.85. The van der Waals surface area contributed by atoms with Crippen LogP contribution in [0.1, 0.15) is 31.9 Å². The van der Waals surface area contributed by atoms with Crippen LogP contribution in [-0.2, 0) is 11.0 Å². The summed E-state index contributed by atoms with van der Waals surface area (Å²) in [5.74, 6) is -0.760. The normalized spacial score (nSPS) is 11.8.